The van der Waals surface area contributed by atoms with Gasteiger partial charge >= 0.3 is 17.9 Å². The molecule has 0 N–H and O–H groups in total. The molecule has 20 rings (SSSR count). The number of hydrogen-bond donors (Lipinski definition) is 0. The average molecular weight is 2010 g/mol. The van der Waals surface area contributed by atoms with Crippen molar-refractivity contribution in [2.75, 3.05) is 41.0 Å². The molecule has 8 saturated carbocycles. The summed E-state index contributed by atoms with van der Waals surface area (Å²) in [5.41, 5.74) is 4.72. The van der Waals surface area contributed by atoms with Gasteiger partial charge in [0.25, 0.3) is 0 Å². The van der Waals surface area contributed by atoms with Crippen molar-refractivity contribution in [3.63, 3.8) is 0 Å². The molecule has 3 saturated heterocycles. The molecule has 747 valence electrons. The van der Waals surface area contributed by atoms with Crippen molar-refractivity contribution in [1.82, 2.24) is 44.6 Å². The van der Waals surface area contributed by atoms with E-state index in [2.05, 4.69) is 18.9 Å². The zero-order chi connectivity index (χ0) is 95.7. The predicted octanol–water partition coefficient (Wildman–Crippen LogP) is 17.7. The molecule has 30 heteroatoms. The van der Waals surface area contributed by atoms with Crippen LogP contribution in [0.1, 0.15) is 280 Å². The Morgan fingerprint density at radius 2 is 0.739 bits per heavy atom. The molecule has 3 amide bonds. The number of carbonyl (C=O) groups is 6. The average Bonchev–Trinajstić information content (AvgIpc) is 1.61. The van der Waals surface area contributed by atoms with Crippen molar-refractivity contribution in [2.45, 2.75) is 336 Å². The van der Waals surface area contributed by atoms with E-state index < -0.39 is 70.4 Å². The van der Waals surface area contributed by atoms with E-state index >= 15 is 0 Å². The van der Waals surface area contributed by atoms with Crippen molar-refractivity contribution in [3.8, 4) is 34.9 Å². The summed E-state index contributed by atoms with van der Waals surface area (Å²) in [7, 11) is 4.85. The molecule has 6 aliphatic heterocycles. The largest absolute Gasteiger partial charge is 0.540 e. The molecular formula is C108H144N9O18V3-3. The van der Waals surface area contributed by atoms with Gasteiger partial charge in [-0.2, -0.15) is 0 Å². The molecule has 3 aromatic heterocycles. The third-order valence-corrected chi connectivity index (χ3v) is 32.9. The van der Waals surface area contributed by atoms with Gasteiger partial charge in [-0.3, -0.25) is 28.8 Å². The van der Waals surface area contributed by atoms with Gasteiger partial charge in [0.15, 0.2) is 0 Å². The van der Waals surface area contributed by atoms with Crippen molar-refractivity contribution < 1.29 is 141 Å². The molecule has 10 bridgehead atoms. The number of methoxy groups -OCH3 is 3. The minimum atomic E-state index is -0.791. The number of amides is 3. The molecule has 14 aliphatic rings. The second-order valence-corrected chi connectivity index (χ2v) is 44.7. The molecule has 6 aromatic rings. The molecule has 3 aromatic carbocycles. The number of aryl methyl sites for hydroxylation is 3. The maximum absolute atomic E-state index is 14.4. The third kappa shape index (κ3) is 24.1. The van der Waals surface area contributed by atoms with Gasteiger partial charge in [0.05, 0.1) is 111 Å². The Hall–Kier alpha value is -7.94. The van der Waals surface area contributed by atoms with E-state index in [-0.39, 0.29) is 166 Å². The molecule has 18 atom stereocenters. The Morgan fingerprint density at radius 1 is 0.399 bits per heavy atom. The zero-order valence-electron chi connectivity index (χ0n) is 83.7. The number of benzene rings is 3. The fourth-order valence-electron chi connectivity index (χ4n) is 24.4. The van der Waals surface area contributed by atoms with Crippen LogP contribution in [0.15, 0.2) is 54.6 Å². The second-order valence-electron chi connectivity index (χ2n) is 44.7. The van der Waals surface area contributed by atoms with Gasteiger partial charge in [-0.25, -0.2) is 48.8 Å². The molecular weight excluding hydrogens is 1860 g/mol. The molecule has 27 nitrogen and oxygen atoms in total. The van der Waals surface area contributed by atoms with Gasteiger partial charge in [-0.1, -0.05) is 159 Å². The fraction of sp³-hybridized carbons (Fsp3) is 0.694. The van der Waals surface area contributed by atoms with Crippen molar-refractivity contribution >= 4 is 87.6 Å². The van der Waals surface area contributed by atoms with Crippen LogP contribution < -0.4 is 28.4 Å². The van der Waals surface area contributed by atoms with Crippen LogP contribution in [0, 0.1) is 99.1 Å². The Morgan fingerprint density at radius 3 is 1.09 bits per heavy atom. The summed E-state index contributed by atoms with van der Waals surface area (Å²) < 4.78 is 55.0. The Bertz CT molecular complexity index is 5300. The van der Waals surface area contributed by atoms with Gasteiger partial charge in [0.1, 0.15) is 70.5 Å². The maximum Gasteiger partial charge on any atom is 0.307 e. The normalized spacial score (nSPS) is 31.7. The minimum absolute atomic E-state index is 0. The van der Waals surface area contributed by atoms with Gasteiger partial charge in [-0.05, 0) is 234 Å². The molecule has 0 spiro atoms. The molecule has 9 heterocycles. The van der Waals surface area contributed by atoms with Gasteiger partial charge < -0.3 is 71.7 Å². The second kappa shape index (κ2) is 45.8. The number of aromatic nitrogens is 6. The van der Waals surface area contributed by atoms with E-state index in [1.807, 2.05) is 138 Å². The number of fused-ring (bicyclic) bond motifs is 17. The first-order chi connectivity index (χ1) is 64.7. The minimum Gasteiger partial charge on any atom is -0.540 e. The summed E-state index contributed by atoms with van der Waals surface area (Å²) >= 11 is 0. The Kier molecular flexibility index (Phi) is 35.6. The van der Waals surface area contributed by atoms with Crippen LogP contribution in [0.3, 0.4) is 0 Å². The number of rotatable bonds is 9. The van der Waals surface area contributed by atoms with Crippen LogP contribution in [0.4, 0.5) is 0 Å². The predicted molar refractivity (Wildman–Crippen MR) is 508 cm³/mol. The number of hydrogen-bond acceptors (Lipinski definition) is 24. The summed E-state index contributed by atoms with van der Waals surface area (Å²) in [4.78, 5) is 155. The smallest absolute Gasteiger partial charge is 0.307 e. The first kappa shape index (κ1) is 107. The van der Waals surface area contributed by atoms with Crippen LogP contribution >= 0.6 is 0 Å². The van der Waals surface area contributed by atoms with Crippen LogP contribution in [0.5, 0.6) is 34.9 Å². The van der Waals surface area contributed by atoms with E-state index in [1.54, 1.807) is 36.0 Å². The zero-order valence-corrected chi connectivity index (χ0v) is 87.8. The third-order valence-electron chi connectivity index (χ3n) is 32.9. The van der Waals surface area contributed by atoms with E-state index in [0.29, 0.717) is 124 Å². The van der Waals surface area contributed by atoms with Gasteiger partial charge in [0, 0.05) is 79.8 Å². The summed E-state index contributed by atoms with van der Waals surface area (Å²) in [5.74, 6) is 2.65. The van der Waals surface area contributed by atoms with Gasteiger partial charge in [0.2, 0.25) is 35.4 Å². The van der Waals surface area contributed by atoms with Crippen LogP contribution in [0.25, 0.3) is 33.1 Å². The topological polar surface area (TPSA) is 324 Å². The van der Waals surface area contributed by atoms with E-state index in [1.165, 1.54) is 38.5 Å². The van der Waals surface area contributed by atoms with Crippen molar-refractivity contribution in [3.05, 3.63) is 71.7 Å². The maximum atomic E-state index is 14.4. The fourth-order valence-corrected chi connectivity index (χ4v) is 24.4. The van der Waals surface area contributed by atoms with Crippen molar-refractivity contribution in [2.24, 2.45) is 99.1 Å². The number of esters is 3. The molecule has 11 fully saturated rings. The summed E-state index contributed by atoms with van der Waals surface area (Å²) in [6.45, 7) is 24.2. The Balaban J connectivity index is 0.000000173. The quantitative estimate of drug-likeness (QED) is 0.0737. The van der Waals surface area contributed by atoms with E-state index in [9.17, 15) is 43.2 Å². The molecule has 0 unspecified atom stereocenters. The Labute approximate surface area is 850 Å². The summed E-state index contributed by atoms with van der Waals surface area (Å²) in [5, 5.41) is 0. The molecule has 3 radical (unpaired) electrons. The standard InChI is InChI=1S/C37H50N3O6.C36H48N3O6.C35H46N3O6.3V/c1-6-25-31(21-41)40-20-32(25)45-35-29(38-28-17-16-24(44-5)18-30(28)39-35)11-9-7-8-10-26-22-12-14-23(15-13-22)34(26)46-33(42)19-27(36(40)43)37(2,3)4;1-21-30(20-40)39-19-31(21)44-34-28(37-27-16-15-24(43-5)17-29(27)38-34)10-8-6-7-9-25-22-11-13-23(14-12-22)33(25)45-32(41)18-26(35(39)42)36(2,3)4;1-21-29(20-39)38-19-30(21)43-32-27(36-26-14-13-24(42-5)15-28(26)37-32)10-8-6-7-9-23-18-35(23,17-22-11-12-22)44-31(40)16-25(33(38)41)34(2,3)4;;;/h16-18,22-23,25-27,31-32,34H,6-15,19-20H2,1-5H3;15-17,21-23,25-26,30-31,33H,6-14,18-19H2,1-5H3;13-15,21-23,25,29-30H,6-12,16-19H2,1-5H3;;;/q3*-1;;;/t22?,23?,25-,26+,27+,31+,32-,34+;21-,22?,23?,25+,26+,30+,31-,33+;21-,23+,25+,29+,30-,35+;;;/m000.../s1. The first-order valence-corrected chi connectivity index (χ1v) is 50.9. The van der Waals surface area contributed by atoms with Crippen LogP contribution in [-0.4, -0.2) is 194 Å². The number of carbonyl (C=O) groups excluding carboxylic acids is 9. The molecule has 138 heavy (non-hydrogen) atoms. The number of ether oxygens (including phenoxy) is 9. The van der Waals surface area contributed by atoms with E-state index in [4.69, 9.17) is 72.5 Å². The van der Waals surface area contributed by atoms with Gasteiger partial charge in [-0.15, -0.1) is 0 Å². The first-order valence-electron chi connectivity index (χ1n) is 50.9. The van der Waals surface area contributed by atoms with Crippen molar-refractivity contribution in [1.29, 1.82) is 0 Å². The SMILES string of the molecule is CC[C@@H]1[C@@H]2CN(C(=O)[C@H](C(C)(C)C)CC(=O)O[C@@H]3C4CCC(CC4)[C@H]3CCCCCc3nc4ccc(OC)cc4nc3O2)[C@@H]1[C-]=O.COc1ccc2nc3c(nc2c1)O[C@H]1CN(C(=O)[C@H](C(C)(C)C)CC(=O)O[C@@H]2C4CCC(CC4)[C@H]2CCCCC3)[C@H]([C-]=O)[C@@H]1C.COc1ccc2nc3c(nc2c1)O[C@H]1CN(C(=O)[C@H](C(C)(C)C)CC(=O)O[C@]2(CC4CC4)C[C@H]2CCCCC3)[C@H]([C-]=O)[C@@H]1C.[V].[V].[V]. The van der Waals surface area contributed by atoms with E-state index in [0.717, 1.165) is 149 Å². The van der Waals surface area contributed by atoms with Crippen LogP contribution in [0.2, 0.25) is 0 Å². The van der Waals surface area contributed by atoms with Crippen LogP contribution in [-0.2, 0) is 132 Å². The number of nitrogens with zero attached hydrogens (tertiary/aromatic N) is 9. The molecule has 8 aliphatic carbocycles. The summed E-state index contributed by atoms with van der Waals surface area (Å²) in [6.07, 6.45) is 33.2. The summed E-state index contributed by atoms with van der Waals surface area (Å²) in [6, 6.07) is 14.5. The monoisotopic (exact) mass is 2010 g/mol.